The maximum absolute atomic E-state index is 13.4. The fourth-order valence-corrected chi connectivity index (χ4v) is 2.02. The quantitative estimate of drug-likeness (QED) is 0.856. The molecule has 0 unspecified atom stereocenters. The van der Waals surface area contributed by atoms with Gasteiger partial charge in [-0.3, -0.25) is 0 Å². The van der Waals surface area contributed by atoms with E-state index in [2.05, 4.69) is 0 Å². The van der Waals surface area contributed by atoms with Gasteiger partial charge in [-0.2, -0.15) is 0 Å². The molecule has 104 valence electrons. The van der Waals surface area contributed by atoms with Crippen LogP contribution in [-0.2, 0) is 18.0 Å². The van der Waals surface area contributed by atoms with Crippen LogP contribution in [0.5, 0.6) is 0 Å². The van der Waals surface area contributed by atoms with Crippen LogP contribution in [0.15, 0.2) is 42.5 Å². The van der Waals surface area contributed by atoms with Crippen LogP contribution in [0.25, 0.3) is 0 Å². The highest BCUT2D eigenvalue weighted by atomic mass is 32.1. The molecule has 2 nitrogen and oxygen atoms in total. The summed E-state index contributed by atoms with van der Waals surface area (Å²) >= 11 is 4.94. The second kappa shape index (κ2) is 6.59. The molecule has 0 bridgehead atoms. The fraction of sp³-hybridized carbons (Fsp3) is 0.188. The maximum Gasteiger partial charge on any atom is 0.128 e. The van der Waals surface area contributed by atoms with Crippen LogP contribution in [-0.4, -0.2) is 4.99 Å². The van der Waals surface area contributed by atoms with E-state index in [0.29, 0.717) is 17.2 Å². The number of aryl methyl sites for hydroxylation is 1. The van der Waals surface area contributed by atoms with Crippen molar-refractivity contribution in [1.82, 2.24) is 0 Å². The van der Waals surface area contributed by atoms with Gasteiger partial charge < -0.3 is 10.5 Å². The molecule has 0 atom stereocenters. The third-order valence-electron chi connectivity index (χ3n) is 3.10. The zero-order valence-electron chi connectivity index (χ0n) is 11.2. The first-order valence-corrected chi connectivity index (χ1v) is 6.69. The summed E-state index contributed by atoms with van der Waals surface area (Å²) in [7, 11) is 0. The Morgan fingerprint density at radius 2 is 1.85 bits per heavy atom. The standard InChI is InChI=1S/C16H16FNOS/c1-11-8-12(16(18)20)6-7-13(11)9-19-10-14-4-2-3-5-15(14)17/h2-8H,9-10H2,1H3,(H2,18,20). The monoisotopic (exact) mass is 289 g/mol. The maximum atomic E-state index is 13.4. The normalized spacial score (nSPS) is 10.5. The average Bonchev–Trinajstić information content (AvgIpc) is 2.42. The predicted molar refractivity (Wildman–Crippen MR) is 82.0 cm³/mol. The van der Waals surface area contributed by atoms with Crippen molar-refractivity contribution in [2.45, 2.75) is 20.1 Å². The lowest BCUT2D eigenvalue weighted by Gasteiger charge is -2.09. The van der Waals surface area contributed by atoms with Crippen LogP contribution in [0.4, 0.5) is 4.39 Å². The van der Waals surface area contributed by atoms with E-state index in [1.165, 1.54) is 6.07 Å². The molecule has 0 aromatic heterocycles. The molecule has 2 rings (SSSR count). The highest BCUT2D eigenvalue weighted by molar-refractivity contribution is 7.80. The first-order valence-electron chi connectivity index (χ1n) is 6.28. The SMILES string of the molecule is Cc1cc(C(N)=S)ccc1COCc1ccccc1F. The molecule has 0 aliphatic carbocycles. The molecular formula is C16H16FNOS. The van der Waals surface area contributed by atoms with E-state index in [1.807, 2.05) is 25.1 Å². The smallest absolute Gasteiger partial charge is 0.128 e. The minimum absolute atomic E-state index is 0.243. The molecule has 0 fully saturated rings. The van der Waals surface area contributed by atoms with Gasteiger partial charge >= 0.3 is 0 Å². The second-order valence-electron chi connectivity index (χ2n) is 4.59. The molecule has 0 aliphatic heterocycles. The third-order valence-corrected chi connectivity index (χ3v) is 3.34. The van der Waals surface area contributed by atoms with Crippen LogP contribution in [0.2, 0.25) is 0 Å². The summed E-state index contributed by atoms with van der Waals surface area (Å²) < 4.78 is 19.0. The van der Waals surface area contributed by atoms with E-state index < -0.39 is 0 Å². The van der Waals surface area contributed by atoms with Crippen molar-refractivity contribution in [3.8, 4) is 0 Å². The lowest BCUT2D eigenvalue weighted by Crippen LogP contribution is -2.10. The molecule has 2 aromatic rings. The van der Waals surface area contributed by atoms with Crippen LogP contribution >= 0.6 is 12.2 Å². The van der Waals surface area contributed by atoms with Gasteiger partial charge in [0.25, 0.3) is 0 Å². The number of rotatable bonds is 5. The summed E-state index contributed by atoms with van der Waals surface area (Å²) in [6, 6.07) is 12.4. The minimum atomic E-state index is -0.243. The summed E-state index contributed by atoms with van der Waals surface area (Å²) in [4.78, 5) is 0.381. The van der Waals surface area contributed by atoms with Crippen molar-refractivity contribution in [1.29, 1.82) is 0 Å². The van der Waals surface area contributed by atoms with Gasteiger partial charge in [-0.15, -0.1) is 0 Å². The molecule has 2 aromatic carbocycles. The number of benzene rings is 2. The molecule has 0 radical (unpaired) electrons. The summed E-state index contributed by atoms with van der Waals surface area (Å²) in [6.07, 6.45) is 0. The number of thiocarbonyl (C=S) groups is 1. The van der Waals surface area contributed by atoms with Crippen molar-refractivity contribution >= 4 is 17.2 Å². The third kappa shape index (κ3) is 3.62. The molecule has 0 amide bonds. The predicted octanol–water partition coefficient (Wildman–Crippen LogP) is 3.49. The second-order valence-corrected chi connectivity index (χ2v) is 5.03. The number of hydrogen-bond donors (Lipinski definition) is 1. The Kier molecular flexibility index (Phi) is 4.82. The summed E-state index contributed by atoms with van der Waals surface area (Å²) in [5, 5.41) is 0. The van der Waals surface area contributed by atoms with E-state index in [0.717, 1.165) is 16.7 Å². The number of hydrogen-bond acceptors (Lipinski definition) is 2. The van der Waals surface area contributed by atoms with Crippen LogP contribution < -0.4 is 5.73 Å². The Bertz CT molecular complexity index is 628. The van der Waals surface area contributed by atoms with E-state index in [1.54, 1.807) is 18.2 Å². The Balaban J connectivity index is 1.98. The molecule has 2 N–H and O–H groups in total. The Labute approximate surface area is 123 Å². The lowest BCUT2D eigenvalue weighted by molar-refractivity contribution is 0.104. The van der Waals surface area contributed by atoms with Crippen molar-refractivity contribution < 1.29 is 9.13 Å². The zero-order valence-corrected chi connectivity index (χ0v) is 12.0. The lowest BCUT2D eigenvalue weighted by atomic mass is 10.1. The summed E-state index contributed by atoms with van der Waals surface area (Å²) in [5.41, 5.74) is 9.09. The first-order chi connectivity index (χ1) is 9.58. The van der Waals surface area contributed by atoms with E-state index in [4.69, 9.17) is 22.7 Å². The van der Waals surface area contributed by atoms with E-state index in [9.17, 15) is 4.39 Å². The van der Waals surface area contributed by atoms with Gasteiger partial charge in [0, 0.05) is 11.1 Å². The zero-order chi connectivity index (χ0) is 14.5. The molecule has 0 aliphatic rings. The van der Waals surface area contributed by atoms with Gasteiger partial charge in [-0.05, 0) is 30.2 Å². The minimum Gasteiger partial charge on any atom is -0.389 e. The van der Waals surface area contributed by atoms with Crippen LogP contribution in [0, 0.1) is 12.7 Å². The molecule has 20 heavy (non-hydrogen) atoms. The van der Waals surface area contributed by atoms with Crippen molar-refractivity contribution in [2.24, 2.45) is 5.73 Å². The largest absolute Gasteiger partial charge is 0.389 e. The molecule has 0 saturated carbocycles. The molecular weight excluding hydrogens is 273 g/mol. The van der Waals surface area contributed by atoms with Gasteiger partial charge in [0.15, 0.2) is 0 Å². The fourth-order valence-electron chi connectivity index (χ4n) is 1.90. The molecule has 0 heterocycles. The highest BCUT2D eigenvalue weighted by Gasteiger charge is 2.04. The van der Waals surface area contributed by atoms with Gasteiger partial charge in [-0.25, -0.2) is 4.39 Å². The van der Waals surface area contributed by atoms with Crippen molar-refractivity contribution in [3.63, 3.8) is 0 Å². The van der Waals surface area contributed by atoms with E-state index in [-0.39, 0.29) is 12.4 Å². The van der Waals surface area contributed by atoms with Crippen LogP contribution in [0.3, 0.4) is 0 Å². The Hall–Kier alpha value is -1.78. The first kappa shape index (κ1) is 14.6. The van der Waals surface area contributed by atoms with E-state index >= 15 is 0 Å². The van der Waals surface area contributed by atoms with Gasteiger partial charge in [0.05, 0.1) is 13.2 Å². The Morgan fingerprint density at radius 3 is 2.50 bits per heavy atom. The summed E-state index contributed by atoms with van der Waals surface area (Å²) in [6.45, 7) is 2.66. The van der Waals surface area contributed by atoms with Gasteiger partial charge in [0.2, 0.25) is 0 Å². The van der Waals surface area contributed by atoms with Crippen molar-refractivity contribution in [2.75, 3.05) is 0 Å². The van der Waals surface area contributed by atoms with Crippen LogP contribution in [0.1, 0.15) is 22.3 Å². The molecule has 0 spiro atoms. The highest BCUT2D eigenvalue weighted by Crippen LogP contribution is 2.14. The topological polar surface area (TPSA) is 35.2 Å². The Morgan fingerprint density at radius 1 is 1.15 bits per heavy atom. The molecule has 0 saturated heterocycles. The number of halogens is 1. The van der Waals surface area contributed by atoms with Gasteiger partial charge in [-0.1, -0.05) is 42.5 Å². The number of nitrogens with two attached hydrogens (primary N) is 1. The summed E-state index contributed by atoms with van der Waals surface area (Å²) in [5.74, 6) is -0.243. The number of ether oxygens (including phenoxy) is 1. The average molecular weight is 289 g/mol. The van der Waals surface area contributed by atoms with Crippen molar-refractivity contribution in [3.05, 3.63) is 70.5 Å². The molecule has 4 heteroatoms. The van der Waals surface area contributed by atoms with Gasteiger partial charge in [0.1, 0.15) is 10.8 Å².